The van der Waals surface area contributed by atoms with E-state index in [1.165, 1.54) is 29.2 Å². The quantitative estimate of drug-likeness (QED) is 0.0214. The molecule has 0 unspecified atom stereocenters. The van der Waals surface area contributed by atoms with Crippen molar-refractivity contribution in [3.05, 3.63) is 65.7 Å². The Morgan fingerprint density at radius 3 is 1.37 bits per heavy atom. The van der Waals surface area contributed by atoms with Gasteiger partial charge in [-0.25, -0.2) is 0 Å². The lowest BCUT2D eigenvalue weighted by Crippen LogP contribution is -2.60. The number of carboxylic acids is 1. The highest BCUT2D eigenvalue weighted by molar-refractivity contribution is 6.00. The maximum absolute atomic E-state index is 14.8. The van der Waals surface area contributed by atoms with Crippen molar-refractivity contribution in [2.45, 2.75) is 196 Å². The number of nitrogens with zero attached hydrogens (tertiary/aromatic N) is 4. The molecule has 0 aromatic heterocycles. The van der Waals surface area contributed by atoms with Gasteiger partial charge in [-0.3, -0.25) is 82.1 Å². The van der Waals surface area contributed by atoms with Crippen molar-refractivity contribution in [3.63, 3.8) is 0 Å². The van der Waals surface area contributed by atoms with Crippen LogP contribution in [0.2, 0.25) is 0 Å². The zero-order chi connectivity index (χ0) is 82.1. The molecule has 0 aliphatic carbocycles. The van der Waals surface area contributed by atoms with E-state index in [9.17, 15) is 77.3 Å². The fraction of sp³-hybridized carbons (Fsp3) is 0.586. The van der Waals surface area contributed by atoms with E-state index in [0.717, 1.165) is 0 Å². The number of hydrogen-bond acceptors (Lipinski definition) is 21. The molecule has 41 nitrogen and oxygen atoms in total. The number of benzene rings is 2. The molecule has 0 saturated carbocycles. The van der Waals surface area contributed by atoms with Gasteiger partial charge in [0.15, 0.2) is 17.9 Å². The van der Waals surface area contributed by atoms with Gasteiger partial charge in [0.2, 0.25) is 76.8 Å². The van der Waals surface area contributed by atoms with E-state index in [4.69, 9.17) is 51.6 Å². The number of unbranched alkanes of at least 4 members (excludes halogenated alkanes) is 2. The van der Waals surface area contributed by atoms with Gasteiger partial charge in [-0.15, -0.1) is 0 Å². The highest BCUT2D eigenvalue weighted by Gasteiger charge is 2.41. The van der Waals surface area contributed by atoms with E-state index in [2.05, 4.69) is 78.8 Å². The molecule has 2 aliphatic rings. The van der Waals surface area contributed by atoms with Gasteiger partial charge in [0.05, 0.1) is 19.5 Å². The molecule has 11 atom stereocenters. The first-order valence-electron chi connectivity index (χ1n) is 37.0. The number of aromatic hydroxyl groups is 1. The summed E-state index contributed by atoms with van der Waals surface area (Å²) in [6.07, 6.45) is -0.354. The molecule has 0 radical (unpaired) electrons. The van der Waals surface area contributed by atoms with Gasteiger partial charge in [0, 0.05) is 45.6 Å². The lowest BCUT2D eigenvalue weighted by atomic mass is 10.00. The minimum atomic E-state index is -1.98. The number of carboxylic acid groups (broad SMARTS) is 1. The van der Waals surface area contributed by atoms with E-state index >= 15 is 0 Å². The van der Waals surface area contributed by atoms with Crippen LogP contribution in [0.1, 0.15) is 128 Å². The molecule has 2 saturated heterocycles. The molecular formula is C70H113N25O16. The Kier molecular flexibility index (Phi) is 40.4. The monoisotopic (exact) mass is 1560 g/mol. The minimum absolute atomic E-state index is 0.00641. The third kappa shape index (κ3) is 34.7. The molecule has 2 aromatic carbocycles. The molecule has 13 amide bonds. The number of phenolic OH excluding ortho intramolecular Hbond substituents is 1. The average molecular weight is 1560 g/mol. The van der Waals surface area contributed by atoms with Gasteiger partial charge in [0.25, 0.3) is 0 Å². The smallest absolute Gasteiger partial charge is 0.305 e. The van der Waals surface area contributed by atoms with Crippen LogP contribution in [0.3, 0.4) is 0 Å². The van der Waals surface area contributed by atoms with Crippen LogP contribution in [0, 0.1) is 5.92 Å². The Labute approximate surface area is 643 Å². The van der Waals surface area contributed by atoms with Gasteiger partial charge in [-0.1, -0.05) is 56.3 Å². The van der Waals surface area contributed by atoms with Gasteiger partial charge in [0.1, 0.15) is 72.2 Å². The number of guanidine groups is 3. The largest absolute Gasteiger partial charge is 0.508 e. The summed E-state index contributed by atoms with van der Waals surface area (Å²) in [5.74, 6) is -15.1. The highest BCUT2D eigenvalue weighted by atomic mass is 16.4. The van der Waals surface area contributed by atoms with Crippen LogP contribution in [0.15, 0.2) is 69.6 Å². The Morgan fingerprint density at radius 2 is 0.865 bits per heavy atom. The van der Waals surface area contributed by atoms with E-state index in [-0.39, 0.29) is 152 Å². The zero-order valence-corrected chi connectivity index (χ0v) is 62.8. The normalized spacial score (nSPS) is 23.3. The summed E-state index contributed by atoms with van der Waals surface area (Å²) in [6.45, 7) is 1.53. The molecular weight excluding hydrogens is 1450 g/mol. The van der Waals surface area contributed by atoms with Crippen molar-refractivity contribution < 1.29 is 77.3 Å². The number of rotatable bonds is 28. The second-order valence-corrected chi connectivity index (χ2v) is 27.3. The van der Waals surface area contributed by atoms with Crippen molar-refractivity contribution in [3.8, 4) is 5.75 Å². The van der Waals surface area contributed by atoms with Crippen LogP contribution < -0.4 is 115 Å². The number of carbonyl (C=O) groups is 14. The van der Waals surface area contributed by atoms with E-state index in [1.807, 2.05) is 0 Å². The van der Waals surface area contributed by atoms with Crippen LogP contribution in [0.5, 0.6) is 5.75 Å². The summed E-state index contributed by atoms with van der Waals surface area (Å²) in [4.78, 5) is 212. The van der Waals surface area contributed by atoms with E-state index in [0.29, 0.717) is 36.8 Å². The van der Waals surface area contributed by atoms with Crippen molar-refractivity contribution in [1.82, 2.24) is 68.7 Å². The lowest BCUT2D eigenvalue weighted by molar-refractivity contribution is -0.142. The fourth-order valence-corrected chi connectivity index (χ4v) is 11.9. The molecule has 614 valence electrons. The Hall–Kier alpha value is -11.5. The van der Waals surface area contributed by atoms with E-state index in [1.54, 1.807) is 44.2 Å². The molecule has 2 aromatic rings. The number of aliphatic imine (C=N–C) groups is 3. The molecule has 2 aliphatic heterocycles. The number of aliphatic carboxylic acids is 1. The summed E-state index contributed by atoms with van der Waals surface area (Å²) >= 11 is 0. The number of nitrogens with two attached hydrogens (primary N) is 9. The molecule has 0 bridgehead atoms. The number of hydrogen-bond donors (Lipinski definition) is 23. The molecule has 111 heavy (non-hydrogen) atoms. The molecule has 2 heterocycles. The van der Waals surface area contributed by atoms with Gasteiger partial charge in [-0.05, 0) is 139 Å². The Morgan fingerprint density at radius 1 is 0.459 bits per heavy atom. The van der Waals surface area contributed by atoms with Gasteiger partial charge >= 0.3 is 5.97 Å². The fourth-order valence-electron chi connectivity index (χ4n) is 11.9. The first kappa shape index (κ1) is 91.9. The second-order valence-electron chi connectivity index (χ2n) is 27.3. The number of carbonyl (C=O) groups excluding carboxylic acids is 13. The first-order chi connectivity index (χ1) is 52.8. The Balaban J connectivity index is 1.85. The van der Waals surface area contributed by atoms with Crippen LogP contribution in [0.25, 0.3) is 0 Å². The molecule has 4 rings (SSSR count). The van der Waals surface area contributed by atoms with Crippen molar-refractivity contribution in [1.29, 1.82) is 0 Å². The van der Waals surface area contributed by atoms with Crippen molar-refractivity contribution >= 4 is 101 Å². The predicted molar refractivity (Wildman–Crippen MR) is 408 cm³/mol. The second kappa shape index (κ2) is 48.8. The number of nitrogens with one attached hydrogen (secondary N) is 12. The van der Waals surface area contributed by atoms with Crippen LogP contribution in [0.4, 0.5) is 0 Å². The van der Waals surface area contributed by atoms with Crippen LogP contribution in [-0.4, -0.2) is 241 Å². The molecule has 32 N–H and O–H groups in total. The standard InChI is InChI=1S/C70H113N25O16/c1-39(2)32-49-63(107)88-45(16-6-8-26-71)61(105)93-50(34-41-22-24-42(96)25-23-41)59(103)85-37-54(97)83-38-55(98)86-51(33-40-14-4-3-5-15-40)64(108)94-52(35-56(99)100)65(109)89-47(19-11-29-81-69(76)77)60(104)87-44(18-10-28-80-68(74)75)58(102)84-36-43(73)57(101)91-48(20-12-30-82-70(78)79)67(111)95-31-13-21-53(95)66(110)90-46(62(106)92-49)17-7-9-27-72/h3-5,14-15,22-25,39,43-53,96H,6-13,16-21,26-38,71-73H2,1-2H3,(H,83,97)(H,84,102)(H,85,103)(H,86,98)(H,87,104)(H,88,107)(H,89,109)(H,90,110)(H,91,101)(H,92,106)(H,93,105)(H,94,108)(H,99,100)(H4,74,75,80)(H4,76,77,81)(H4,78,79,82)/t43-,44-,45-,46-,47-,48-,49-,50-,51-,52-,53-/m0/s1. The van der Waals surface area contributed by atoms with Gasteiger partial charge < -0.3 is 131 Å². The average Bonchev–Trinajstić information content (AvgIpc) is 1.73. The van der Waals surface area contributed by atoms with Crippen molar-refractivity contribution in [2.24, 2.45) is 72.5 Å². The first-order valence-corrected chi connectivity index (χ1v) is 37.0. The maximum Gasteiger partial charge on any atom is 0.305 e. The number of fused-ring (bicyclic) bond motifs is 1. The lowest BCUT2D eigenvalue weighted by Gasteiger charge is -2.31. The predicted octanol–water partition coefficient (Wildman–Crippen LogP) is -7.84. The minimum Gasteiger partial charge on any atom is -0.508 e. The topological polar surface area (TPSA) is 698 Å². The third-order valence-corrected chi connectivity index (χ3v) is 17.7. The number of phenols is 1. The summed E-state index contributed by atoms with van der Waals surface area (Å²) in [7, 11) is 0. The van der Waals surface area contributed by atoms with Crippen LogP contribution in [-0.2, 0) is 80.0 Å². The molecule has 2 fully saturated rings. The maximum atomic E-state index is 14.8. The Bertz CT molecular complexity index is 3540. The van der Waals surface area contributed by atoms with E-state index < -0.39 is 175 Å². The third-order valence-electron chi connectivity index (χ3n) is 17.7. The van der Waals surface area contributed by atoms with Crippen LogP contribution >= 0.6 is 0 Å². The SMILES string of the molecule is CC(C)C[C@@H]1NC(=O)[C@H](CCCCN)NC(=O)[C@@H]2CCCN2C(=O)[C@H](CCCN=C(N)N)NC(=O)[C@@H](N)CNC(=O)[C@H](CCCN=C(N)N)NC(=O)[C@H](CCCN=C(N)N)NC(=O)[C@H](CC(=O)O)NC(=O)[C@H](Cc2ccccc2)NC(=O)CNC(=O)CNC(=O)[C@H](Cc2ccc(O)cc2)NC(=O)[C@H](CCCCN)NC1=O. The molecule has 41 heteroatoms. The molecule has 0 spiro atoms. The number of amides is 13. The summed E-state index contributed by atoms with van der Waals surface area (Å²) in [5, 5.41) is 50.9. The summed E-state index contributed by atoms with van der Waals surface area (Å²) < 4.78 is 0. The van der Waals surface area contributed by atoms with Gasteiger partial charge in [-0.2, -0.15) is 0 Å². The summed E-state index contributed by atoms with van der Waals surface area (Å²) in [6, 6.07) is -2.78. The highest BCUT2D eigenvalue weighted by Crippen LogP contribution is 2.22. The summed E-state index contributed by atoms with van der Waals surface area (Å²) in [5.41, 5.74) is 52.4. The zero-order valence-electron chi connectivity index (χ0n) is 62.8. The van der Waals surface area contributed by atoms with Crippen molar-refractivity contribution in [2.75, 3.05) is 58.9 Å².